The molecule has 0 saturated carbocycles. The third-order valence-electron chi connectivity index (χ3n) is 7.08. The maximum Gasteiger partial charge on any atom is 0.308 e. The second kappa shape index (κ2) is 11.8. The van der Waals surface area contributed by atoms with E-state index in [9.17, 15) is 9.90 Å². The summed E-state index contributed by atoms with van der Waals surface area (Å²) in [5, 5.41) is 9.95. The van der Waals surface area contributed by atoms with Gasteiger partial charge in [-0.15, -0.1) is 0 Å². The van der Waals surface area contributed by atoms with Crippen molar-refractivity contribution in [1.29, 1.82) is 0 Å². The van der Waals surface area contributed by atoms with Crippen LogP contribution in [0.4, 0.5) is 0 Å². The van der Waals surface area contributed by atoms with E-state index >= 15 is 0 Å². The van der Waals surface area contributed by atoms with Crippen LogP contribution in [-0.4, -0.2) is 61.4 Å². The largest absolute Gasteiger partial charge is 0.469 e. The molecule has 0 aromatic rings. The topological polar surface area (TPSA) is 77.5 Å². The fourth-order valence-electron chi connectivity index (χ4n) is 5.29. The minimum Gasteiger partial charge on any atom is -0.469 e. The summed E-state index contributed by atoms with van der Waals surface area (Å²) in [4.78, 5) is 11.6. The molecular weight excluding hydrogens is 408 g/mol. The van der Waals surface area contributed by atoms with Crippen LogP contribution in [0.3, 0.4) is 0 Å². The zero-order chi connectivity index (χ0) is 24.1. The van der Waals surface area contributed by atoms with Gasteiger partial charge in [0.25, 0.3) is 0 Å². The van der Waals surface area contributed by atoms with Crippen LogP contribution >= 0.6 is 0 Å². The number of allylic oxidation sites excluding steroid dienone is 3. The van der Waals surface area contributed by atoms with Crippen LogP contribution in [0.15, 0.2) is 23.8 Å². The highest BCUT2D eigenvalue weighted by Crippen LogP contribution is 2.47. The first-order chi connectivity index (χ1) is 15.0. The molecular formula is C26H44O6. The van der Waals surface area contributed by atoms with Gasteiger partial charge in [0.1, 0.15) is 0 Å². The average Bonchev–Trinajstić information content (AvgIpc) is 3.39. The molecule has 32 heavy (non-hydrogen) atoms. The van der Waals surface area contributed by atoms with E-state index in [1.807, 2.05) is 0 Å². The Morgan fingerprint density at radius 3 is 2.53 bits per heavy atom. The maximum atomic E-state index is 11.6. The number of ether oxygens (including phenoxy) is 4. The lowest BCUT2D eigenvalue weighted by Crippen LogP contribution is -2.36. The molecule has 1 unspecified atom stereocenters. The highest BCUT2D eigenvalue weighted by atomic mass is 16.6. The molecule has 2 fully saturated rings. The van der Waals surface area contributed by atoms with E-state index in [1.54, 1.807) is 14.0 Å². The molecule has 2 saturated heterocycles. The zero-order valence-electron chi connectivity index (χ0n) is 21.2. The Labute approximate surface area is 194 Å². The van der Waals surface area contributed by atoms with E-state index in [2.05, 4.69) is 52.8 Å². The number of carbonyl (C=O) groups is 1. The SMILES string of the molecule is COC(=O)C[C@H]1CC[C@H](C)[C@@H](C(C)=CC=C[C@@H](C)CC2(C)O[C@@H]2[C@H](C)[C@@H](OC)[C@@H](C)O)O1. The maximum absolute atomic E-state index is 11.6. The fourth-order valence-corrected chi connectivity index (χ4v) is 5.29. The van der Waals surface area contributed by atoms with Crippen LogP contribution in [0.2, 0.25) is 0 Å². The number of methoxy groups -OCH3 is 2. The van der Waals surface area contributed by atoms with Gasteiger partial charge >= 0.3 is 5.97 Å². The van der Waals surface area contributed by atoms with Crippen LogP contribution in [0.1, 0.15) is 67.2 Å². The van der Waals surface area contributed by atoms with Crippen molar-refractivity contribution in [3.8, 4) is 0 Å². The van der Waals surface area contributed by atoms with Crippen LogP contribution < -0.4 is 0 Å². The van der Waals surface area contributed by atoms with Crippen molar-refractivity contribution < 1.29 is 28.8 Å². The van der Waals surface area contributed by atoms with Gasteiger partial charge in [-0.3, -0.25) is 4.79 Å². The Kier molecular flexibility index (Phi) is 9.95. The van der Waals surface area contributed by atoms with Gasteiger partial charge in [-0.25, -0.2) is 0 Å². The number of epoxide rings is 1. The molecule has 0 aromatic heterocycles. The van der Waals surface area contributed by atoms with Gasteiger partial charge in [0.05, 0.1) is 49.7 Å². The van der Waals surface area contributed by atoms with Crippen molar-refractivity contribution in [2.45, 2.75) is 103 Å². The Morgan fingerprint density at radius 2 is 1.94 bits per heavy atom. The molecule has 2 heterocycles. The van der Waals surface area contributed by atoms with Crippen molar-refractivity contribution in [1.82, 2.24) is 0 Å². The number of rotatable bonds is 11. The van der Waals surface area contributed by atoms with Crippen molar-refractivity contribution in [3.05, 3.63) is 23.8 Å². The number of aliphatic hydroxyl groups is 1. The van der Waals surface area contributed by atoms with Gasteiger partial charge in [-0.1, -0.05) is 39.0 Å². The minimum atomic E-state index is -0.523. The van der Waals surface area contributed by atoms with E-state index in [4.69, 9.17) is 18.9 Å². The molecule has 6 nitrogen and oxygen atoms in total. The van der Waals surface area contributed by atoms with Gasteiger partial charge in [0.2, 0.25) is 0 Å². The summed E-state index contributed by atoms with van der Waals surface area (Å²) in [6, 6.07) is 0. The van der Waals surface area contributed by atoms with E-state index in [1.165, 1.54) is 12.7 Å². The first-order valence-corrected chi connectivity index (χ1v) is 12.0. The van der Waals surface area contributed by atoms with Crippen LogP contribution in [0.25, 0.3) is 0 Å². The second-order valence-corrected chi connectivity index (χ2v) is 10.1. The second-order valence-electron chi connectivity index (χ2n) is 10.1. The van der Waals surface area contributed by atoms with Gasteiger partial charge in [0.15, 0.2) is 0 Å². The normalized spacial score (nSPS) is 34.7. The molecule has 2 aliphatic rings. The zero-order valence-corrected chi connectivity index (χ0v) is 21.2. The third-order valence-corrected chi connectivity index (χ3v) is 7.08. The highest BCUT2D eigenvalue weighted by Gasteiger charge is 2.56. The molecule has 0 amide bonds. The number of hydrogen-bond acceptors (Lipinski definition) is 6. The van der Waals surface area contributed by atoms with E-state index in [0.717, 1.165) is 19.3 Å². The summed E-state index contributed by atoms with van der Waals surface area (Å²) >= 11 is 0. The summed E-state index contributed by atoms with van der Waals surface area (Å²) < 4.78 is 22.5. The van der Waals surface area contributed by atoms with Crippen LogP contribution in [0, 0.1) is 17.8 Å². The lowest BCUT2D eigenvalue weighted by Gasteiger charge is -2.35. The molecule has 1 N–H and O–H groups in total. The van der Waals surface area contributed by atoms with E-state index in [0.29, 0.717) is 18.3 Å². The van der Waals surface area contributed by atoms with Crippen molar-refractivity contribution in [2.24, 2.45) is 17.8 Å². The summed E-state index contributed by atoms with van der Waals surface area (Å²) in [6.07, 6.45) is 8.92. The first kappa shape index (κ1) is 27.0. The van der Waals surface area contributed by atoms with E-state index < -0.39 is 6.10 Å². The molecule has 9 atom stereocenters. The summed E-state index contributed by atoms with van der Waals surface area (Å²) in [6.45, 7) is 12.5. The fraction of sp³-hybridized carbons (Fsp3) is 0.808. The number of aliphatic hydroxyl groups excluding tert-OH is 1. The van der Waals surface area contributed by atoms with Gasteiger partial charge < -0.3 is 24.1 Å². The monoisotopic (exact) mass is 452 g/mol. The van der Waals surface area contributed by atoms with Crippen molar-refractivity contribution >= 4 is 5.97 Å². The number of hydrogen-bond donors (Lipinski definition) is 1. The molecule has 184 valence electrons. The van der Waals surface area contributed by atoms with Crippen molar-refractivity contribution in [2.75, 3.05) is 14.2 Å². The summed E-state index contributed by atoms with van der Waals surface area (Å²) in [7, 11) is 3.06. The molecule has 0 spiro atoms. The lowest BCUT2D eigenvalue weighted by atomic mass is 9.85. The smallest absolute Gasteiger partial charge is 0.308 e. The average molecular weight is 453 g/mol. The Balaban J connectivity index is 1.89. The molecule has 2 rings (SSSR count). The molecule has 0 bridgehead atoms. The van der Waals surface area contributed by atoms with E-state index in [-0.39, 0.29) is 41.9 Å². The number of esters is 1. The molecule has 0 aromatic carbocycles. The van der Waals surface area contributed by atoms with Gasteiger partial charge in [-0.2, -0.15) is 0 Å². The summed E-state index contributed by atoms with van der Waals surface area (Å²) in [5.74, 6) is 0.693. The molecule has 2 aliphatic heterocycles. The Hall–Kier alpha value is -1.21. The highest BCUT2D eigenvalue weighted by molar-refractivity contribution is 5.69. The number of carbonyl (C=O) groups excluding carboxylic acids is 1. The van der Waals surface area contributed by atoms with Crippen molar-refractivity contribution in [3.63, 3.8) is 0 Å². The van der Waals surface area contributed by atoms with Crippen LogP contribution in [0.5, 0.6) is 0 Å². The molecule has 0 aliphatic carbocycles. The predicted molar refractivity (Wildman–Crippen MR) is 125 cm³/mol. The summed E-state index contributed by atoms with van der Waals surface area (Å²) in [5.41, 5.74) is 0.992. The lowest BCUT2D eigenvalue weighted by molar-refractivity contribution is -0.147. The predicted octanol–water partition coefficient (Wildman–Crippen LogP) is 4.45. The standard InChI is InChI=1S/C26H44O6/c1-16(15-26(6)25(32-26)19(4)24(30-8)20(5)27)10-9-11-17(2)23-18(3)12-13-21(31-23)14-22(28)29-7/h9-11,16,18-21,23-25,27H,12-15H2,1-8H3/t16-,18+,19-,20-,21-,23-,24-,25-,26?/m1/s1. The quantitative estimate of drug-likeness (QED) is 0.283. The minimum absolute atomic E-state index is 0.0272. The molecule has 6 heteroatoms. The Bertz CT molecular complexity index is 671. The Morgan fingerprint density at radius 1 is 1.25 bits per heavy atom. The first-order valence-electron chi connectivity index (χ1n) is 12.0. The van der Waals surface area contributed by atoms with Gasteiger partial charge in [-0.05, 0) is 57.4 Å². The molecule has 0 radical (unpaired) electrons. The van der Waals surface area contributed by atoms with Gasteiger partial charge in [0, 0.05) is 13.0 Å². The van der Waals surface area contributed by atoms with Crippen LogP contribution in [-0.2, 0) is 23.7 Å². The third kappa shape index (κ3) is 7.14.